The largest absolute Gasteiger partial charge is 2.00 e. The van der Waals surface area contributed by atoms with Crippen LogP contribution in [0.2, 0.25) is 0 Å². The third kappa shape index (κ3) is 7.37. The van der Waals surface area contributed by atoms with Crippen LogP contribution < -0.4 is 9.30 Å². The van der Waals surface area contributed by atoms with E-state index < -0.39 is 0 Å². The van der Waals surface area contributed by atoms with Crippen molar-refractivity contribution in [3.63, 3.8) is 0 Å². The molecule has 59 heavy (non-hydrogen) atoms. The first-order valence-electron chi connectivity index (χ1n) is 19.7. The smallest absolute Gasteiger partial charge is 0.459 e. The van der Waals surface area contributed by atoms with Crippen molar-refractivity contribution in [2.24, 2.45) is 4.99 Å². The van der Waals surface area contributed by atoms with Gasteiger partial charge in [0.2, 0.25) is 11.5 Å². The maximum absolute atomic E-state index is 6.43. The minimum Gasteiger partial charge on any atom is -0.459 e. The number of allylic oxidation sites excluding steroid dienone is 4. The first-order valence-corrected chi connectivity index (χ1v) is 19.7. The molecule has 7 aromatic rings. The average molecular weight is 957 g/mol. The first kappa shape index (κ1) is 39.9. The van der Waals surface area contributed by atoms with Gasteiger partial charge >= 0.3 is 27.0 Å². The molecular formula is C49H45N8OPt+. The average Bonchev–Trinajstić information content (AvgIpc) is 3.72. The second-order valence-electron chi connectivity index (χ2n) is 17.2. The molecular weight excluding hydrogens is 912 g/mol. The molecule has 4 aromatic heterocycles. The van der Waals surface area contributed by atoms with E-state index in [4.69, 9.17) is 34.6 Å². The molecule has 0 amide bonds. The fourth-order valence-corrected chi connectivity index (χ4v) is 7.63. The number of hydrogen-bond donors (Lipinski definition) is 0. The molecule has 10 heteroatoms. The number of fused-ring (bicyclic) bond motifs is 5. The molecule has 1 aliphatic carbocycles. The fourth-order valence-electron chi connectivity index (χ4n) is 7.63. The topological polar surface area (TPSA) is 94.9 Å². The fraction of sp³-hybridized carbons (Fsp3) is 0.245. The Morgan fingerprint density at radius 1 is 0.780 bits per heavy atom. The van der Waals surface area contributed by atoms with Crippen LogP contribution >= 0.6 is 0 Å². The monoisotopic (exact) mass is 956 g/mol. The van der Waals surface area contributed by atoms with E-state index in [0.717, 1.165) is 84.8 Å². The van der Waals surface area contributed by atoms with Crippen LogP contribution in [0, 0.1) is 32.9 Å². The second-order valence-corrected chi connectivity index (χ2v) is 17.2. The number of ether oxygens (including phenoxy) is 1. The molecule has 0 fully saturated rings. The minimum atomic E-state index is -0.215. The van der Waals surface area contributed by atoms with Gasteiger partial charge < -0.3 is 9.72 Å². The number of aromatic nitrogens is 7. The van der Waals surface area contributed by atoms with Gasteiger partial charge in [0.25, 0.3) is 0 Å². The van der Waals surface area contributed by atoms with E-state index in [-0.39, 0.29) is 37.9 Å². The molecule has 1 aliphatic heterocycles. The van der Waals surface area contributed by atoms with Crippen molar-refractivity contribution < 1.29 is 30.4 Å². The number of imidazole rings is 1. The van der Waals surface area contributed by atoms with Gasteiger partial charge in [0, 0.05) is 34.4 Å². The molecule has 1 unspecified atom stereocenters. The van der Waals surface area contributed by atoms with Gasteiger partial charge in [-0.1, -0.05) is 70.8 Å². The van der Waals surface area contributed by atoms with Gasteiger partial charge in [-0.2, -0.15) is 27.8 Å². The standard InChI is InChI=1S/C49H45N8O.Pt/c1-29-24-33(43-53-45(48(4,5)6)55-46(54-43)49(7,8)9)25-30(2)42(29)36-27-38(50-28-31(36)3)32-16-15-19-35(26-32)58-41-23-22-40-44(52-41)56(34-17-11-10-12-18-34)47-51-37-20-13-14-21-39(37)57(40)47;/h10-17,19-25,27-28,39H,1-9H3;/q-1;+2. The van der Waals surface area contributed by atoms with Crippen molar-refractivity contribution in [2.45, 2.75) is 79.2 Å². The van der Waals surface area contributed by atoms with E-state index in [1.165, 1.54) is 0 Å². The molecule has 0 bridgehead atoms. The summed E-state index contributed by atoms with van der Waals surface area (Å²) < 4.78 is 10.7. The van der Waals surface area contributed by atoms with Crippen molar-refractivity contribution in [1.29, 1.82) is 0 Å². The van der Waals surface area contributed by atoms with E-state index in [1.807, 2.05) is 71.4 Å². The van der Waals surface area contributed by atoms with Gasteiger partial charge in [0.05, 0.1) is 0 Å². The Kier molecular flexibility index (Phi) is 10.2. The van der Waals surface area contributed by atoms with Crippen molar-refractivity contribution in [3.8, 4) is 51.1 Å². The summed E-state index contributed by atoms with van der Waals surface area (Å²) in [5.41, 5.74) is 11.3. The van der Waals surface area contributed by atoms with Crippen molar-refractivity contribution >= 4 is 22.8 Å². The SMILES string of the molecule is Cc1cnc(-c2[c-]c(Oc3ccc4c(n3)n(-c3[c-]cccc3)c3[n+]4C4C=CC=CC4=N3)ccc2)cc1-c1c(C)cc(-c2nc(C(C)(C)C)nc(C(C)(C)C)n2)cc1C.[Pt+2]. The van der Waals surface area contributed by atoms with Crippen molar-refractivity contribution in [3.05, 3.63) is 144 Å². The van der Waals surface area contributed by atoms with E-state index in [1.54, 1.807) is 0 Å². The Bertz CT molecular complexity index is 2820. The zero-order valence-corrected chi connectivity index (χ0v) is 37.0. The number of rotatable bonds is 6. The van der Waals surface area contributed by atoms with Crippen LogP contribution in [0.1, 0.15) is 75.9 Å². The zero-order chi connectivity index (χ0) is 40.5. The molecule has 0 N–H and O–H groups in total. The van der Waals surface area contributed by atoms with Gasteiger partial charge in [0.1, 0.15) is 11.6 Å². The number of aryl methyl sites for hydroxylation is 3. The third-order valence-corrected chi connectivity index (χ3v) is 10.5. The molecule has 296 valence electrons. The summed E-state index contributed by atoms with van der Waals surface area (Å²) in [6.45, 7) is 19.3. The molecule has 0 saturated heterocycles. The van der Waals surface area contributed by atoms with Gasteiger partial charge in [-0.3, -0.25) is 0 Å². The van der Waals surface area contributed by atoms with Crippen LogP contribution in [0.4, 0.5) is 5.95 Å². The van der Waals surface area contributed by atoms with Crippen LogP contribution in [0.5, 0.6) is 11.6 Å². The van der Waals surface area contributed by atoms with Crippen LogP contribution in [0.3, 0.4) is 0 Å². The van der Waals surface area contributed by atoms with E-state index in [2.05, 4.69) is 115 Å². The number of aliphatic imine (C=N–C) groups is 1. The molecule has 2 aliphatic rings. The third-order valence-electron chi connectivity index (χ3n) is 10.5. The summed E-state index contributed by atoms with van der Waals surface area (Å²) in [5.74, 6) is 4.07. The van der Waals surface area contributed by atoms with E-state index in [9.17, 15) is 0 Å². The van der Waals surface area contributed by atoms with Crippen LogP contribution in [-0.2, 0) is 31.9 Å². The molecule has 0 saturated carbocycles. The summed E-state index contributed by atoms with van der Waals surface area (Å²) in [6, 6.07) is 31.0. The van der Waals surface area contributed by atoms with Crippen molar-refractivity contribution in [2.75, 3.05) is 0 Å². The summed E-state index contributed by atoms with van der Waals surface area (Å²) in [6.07, 6.45) is 10.2. The number of para-hydroxylation sites is 1. The Morgan fingerprint density at radius 3 is 2.22 bits per heavy atom. The Hall–Kier alpha value is -5.92. The predicted octanol–water partition coefficient (Wildman–Crippen LogP) is 10.6. The number of benzene rings is 3. The van der Waals surface area contributed by atoms with E-state index >= 15 is 0 Å². The first-order chi connectivity index (χ1) is 27.7. The number of pyridine rings is 2. The summed E-state index contributed by atoms with van der Waals surface area (Å²) in [4.78, 5) is 29.7. The van der Waals surface area contributed by atoms with Crippen LogP contribution in [0.25, 0.3) is 50.6 Å². The molecule has 0 radical (unpaired) electrons. The Morgan fingerprint density at radius 2 is 1.53 bits per heavy atom. The molecule has 0 spiro atoms. The molecule has 9 rings (SSSR count). The second kappa shape index (κ2) is 15.0. The Balaban J connectivity index is 0.00000484. The number of hydrogen-bond acceptors (Lipinski definition) is 7. The predicted molar refractivity (Wildman–Crippen MR) is 229 cm³/mol. The normalized spacial score (nSPS) is 14.5. The molecule has 1 atom stereocenters. The van der Waals surface area contributed by atoms with Crippen LogP contribution in [-0.4, -0.2) is 35.2 Å². The van der Waals surface area contributed by atoms with Crippen LogP contribution in [0.15, 0.2) is 108 Å². The van der Waals surface area contributed by atoms with Gasteiger partial charge in [-0.25, -0.2) is 19.5 Å². The summed E-state index contributed by atoms with van der Waals surface area (Å²) >= 11 is 0. The zero-order valence-electron chi connectivity index (χ0n) is 34.7. The van der Waals surface area contributed by atoms with Gasteiger partial charge in [-0.15, -0.1) is 35.9 Å². The summed E-state index contributed by atoms with van der Waals surface area (Å²) in [7, 11) is 0. The van der Waals surface area contributed by atoms with Gasteiger partial charge in [0.15, 0.2) is 23.1 Å². The molecule has 5 heterocycles. The van der Waals surface area contributed by atoms with Crippen molar-refractivity contribution in [1.82, 2.24) is 29.5 Å². The van der Waals surface area contributed by atoms with E-state index in [0.29, 0.717) is 17.5 Å². The maximum Gasteiger partial charge on any atom is 2.00 e. The summed E-state index contributed by atoms with van der Waals surface area (Å²) in [5, 5.41) is 0. The minimum absolute atomic E-state index is 0. The maximum atomic E-state index is 6.43. The van der Waals surface area contributed by atoms with Gasteiger partial charge in [-0.05, 0) is 90.3 Å². The quantitative estimate of drug-likeness (QED) is 0.122. The molecule has 9 nitrogen and oxygen atoms in total. The number of nitrogens with zero attached hydrogens (tertiary/aromatic N) is 8. The Labute approximate surface area is 360 Å². The molecule has 3 aromatic carbocycles.